The molecule has 1 aliphatic rings. The van der Waals surface area contributed by atoms with Gasteiger partial charge in [-0.25, -0.2) is 22.9 Å². The fraction of sp³-hybridized carbons (Fsp3) is 0.296. The van der Waals surface area contributed by atoms with Gasteiger partial charge in [0.25, 0.3) is 10.0 Å². The number of hydrogen-bond donors (Lipinski definition) is 1. The smallest absolute Gasteiger partial charge is 0.262 e. The summed E-state index contributed by atoms with van der Waals surface area (Å²) in [5.74, 6) is 0.142. The van der Waals surface area contributed by atoms with Gasteiger partial charge < -0.3 is 9.47 Å². The maximum atomic E-state index is 13.0. The fourth-order valence-electron chi connectivity index (χ4n) is 4.64. The summed E-state index contributed by atoms with van der Waals surface area (Å²) in [6.07, 6.45) is 6.14. The van der Waals surface area contributed by atoms with Gasteiger partial charge in [-0.2, -0.15) is 5.10 Å². The summed E-state index contributed by atoms with van der Waals surface area (Å²) in [5, 5.41) is 13.4. The second-order valence-electron chi connectivity index (χ2n) is 9.51. The molecule has 5 aromatic rings. The van der Waals surface area contributed by atoms with Crippen LogP contribution in [0.1, 0.15) is 6.42 Å². The zero-order chi connectivity index (χ0) is 28.2. The third-order valence-corrected chi connectivity index (χ3v) is 8.15. The summed E-state index contributed by atoms with van der Waals surface area (Å²) in [4.78, 5) is 11.3. The standard InChI is InChI=1S/C27H29N9O4S/c1-39-27-23(32-41(37,38)21-6-3-2-4-7-21)16-20(17-29-27)22-8-9-26-28-18-25(36(26)31-22)24-19-35(33-30-24)11-5-10-34-12-14-40-15-13-34/h2-4,6-9,16-19,32H,5,10-15H2,1H3. The molecule has 1 aliphatic heterocycles. The van der Waals surface area contributed by atoms with E-state index in [4.69, 9.17) is 14.6 Å². The zero-order valence-corrected chi connectivity index (χ0v) is 23.2. The van der Waals surface area contributed by atoms with E-state index in [2.05, 4.69) is 29.9 Å². The molecule has 212 valence electrons. The second-order valence-corrected chi connectivity index (χ2v) is 11.2. The average Bonchev–Trinajstić information content (AvgIpc) is 3.64. The highest BCUT2D eigenvalue weighted by Gasteiger charge is 2.19. The normalized spacial score (nSPS) is 14.4. The molecule has 0 bridgehead atoms. The third-order valence-electron chi connectivity index (χ3n) is 6.77. The van der Waals surface area contributed by atoms with Crippen molar-refractivity contribution in [1.82, 2.24) is 39.5 Å². The van der Waals surface area contributed by atoms with E-state index in [1.807, 2.05) is 16.9 Å². The Morgan fingerprint density at radius 2 is 1.83 bits per heavy atom. The van der Waals surface area contributed by atoms with Crippen molar-refractivity contribution in [3.05, 3.63) is 67.1 Å². The van der Waals surface area contributed by atoms with E-state index < -0.39 is 10.0 Å². The van der Waals surface area contributed by atoms with Gasteiger partial charge in [0, 0.05) is 37.9 Å². The number of imidazole rings is 1. The highest BCUT2D eigenvalue weighted by atomic mass is 32.2. The third kappa shape index (κ3) is 5.89. The Kier molecular flexibility index (Phi) is 7.59. The van der Waals surface area contributed by atoms with E-state index in [0.717, 1.165) is 45.8 Å². The number of aryl methyl sites for hydroxylation is 1. The Hall–Kier alpha value is -4.40. The molecule has 1 N–H and O–H groups in total. The van der Waals surface area contributed by atoms with Gasteiger partial charge in [-0.3, -0.25) is 14.3 Å². The number of nitrogens with zero attached hydrogens (tertiary/aromatic N) is 8. The molecule has 13 nitrogen and oxygen atoms in total. The van der Waals surface area contributed by atoms with Crippen molar-refractivity contribution in [2.45, 2.75) is 17.9 Å². The number of anilines is 1. The summed E-state index contributed by atoms with van der Waals surface area (Å²) in [7, 11) is -2.43. The van der Waals surface area contributed by atoms with E-state index in [1.54, 1.807) is 47.2 Å². The Labute approximate surface area is 236 Å². The lowest BCUT2D eigenvalue weighted by Crippen LogP contribution is -2.37. The van der Waals surface area contributed by atoms with Crippen LogP contribution < -0.4 is 9.46 Å². The predicted molar refractivity (Wildman–Crippen MR) is 151 cm³/mol. The summed E-state index contributed by atoms with van der Waals surface area (Å²) in [6, 6.07) is 13.4. The molecule has 0 amide bonds. The molecule has 4 aromatic heterocycles. The Bertz CT molecular complexity index is 1750. The van der Waals surface area contributed by atoms with Gasteiger partial charge in [0.15, 0.2) is 5.65 Å². The first kappa shape index (κ1) is 26.8. The van der Waals surface area contributed by atoms with Crippen molar-refractivity contribution in [1.29, 1.82) is 0 Å². The molecule has 5 heterocycles. The molecule has 0 aliphatic carbocycles. The van der Waals surface area contributed by atoms with E-state index in [1.165, 1.54) is 19.2 Å². The van der Waals surface area contributed by atoms with Crippen LogP contribution in [-0.4, -0.2) is 87.9 Å². The van der Waals surface area contributed by atoms with Crippen LogP contribution in [0.25, 0.3) is 28.3 Å². The first-order valence-electron chi connectivity index (χ1n) is 13.2. The fourth-order valence-corrected chi connectivity index (χ4v) is 5.71. The molecule has 0 unspecified atom stereocenters. The zero-order valence-electron chi connectivity index (χ0n) is 22.4. The number of morpholine rings is 1. The number of pyridine rings is 1. The van der Waals surface area contributed by atoms with Crippen molar-refractivity contribution in [3.8, 4) is 28.5 Å². The SMILES string of the molecule is COc1ncc(-c2ccc3ncc(-c4cn(CCCN5CCOCC5)nn4)n3n2)cc1NS(=O)(=O)c1ccccc1. The van der Waals surface area contributed by atoms with Crippen molar-refractivity contribution < 1.29 is 17.9 Å². The summed E-state index contributed by atoms with van der Waals surface area (Å²) in [6.45, 7) is 5.23. The number of benzene rings is 1. The van der Waals surface area contributed by atoms with Crippen LogP contribution in [0, 0.1) is 0 Å². The van der Waals surface area contributed by atoms with Crippen LogP contribution in [0.2, 0.25) is 0 Å². The van der Waals surface area contributed by atoms with E-state index in [0.29, 0.717) is 28.3 Å². The molecule has 0 atom stereocenters. The molecule has 0 saturated carbocycles. The van der Waals surface area contributed by atoms with Crippen molar-refractivity contribution in [2.75, 3.05) is 44.7 Å². The van der Waals surface area contributed by atoms with Gasteiger partial charge >= 0.3 is 0 Å². The monoisotopic (exact) mass is 575 g/mol. The van der Waals surface area contributed by atoms with Gasteiger partial charge in [-0.05, 0) is 36.8 Å². The summed E-state index contributed by atoms with van der Waals surface area (Å²) in [5.41, 5.74) is 3.32. The molecule has 41 heavy (non-hydrogen) atoms. The Morgan fingerprint density at radius 1 is 1.00 bits per heavy atom. The molecule has 6 rings (SSSR count). The number of aromatic nitrogens is 7. The van der Waals surface area contributed by atoms with Gasteiger partial charge in [-0.15, -0.1) is 5.10 Å². The molecule has 14 heteroatoms. The second kappa shape index (κ2) is 11.6. The van der Waals surface area contributed by atoms with Crippen LogP contribution in [0.5, 0.6) is 5.88 Å². The van der Waals surface area contributed by atoms with E-state index in [9.17, 15) is 8.42 Å². The molecule has 0 spiro atoms. The van der Waals surface area contributed by atoms with Crippen LogP contribution in [-0.2, 0) is 21.3 Å². The number of ether oxygens (including phenoxy) is 2. The predicted octanol–water partition coefficient (Wildman–Crippen LogP) is 2.58. The first-order chi connectivity index (χ1) is 20.0. The molecular formula is C27H29N9O4S. The van der Waals surface area contributed by atoms with Crippen molar-refractivity contribution in [2.24, 2.45) is 0 Å². The van der Waals surface area contributed by atoms with E-state index >= 15 is 0 Å². The van der Waals surface area contributed by atoms with Gasteiger partial charge in [0.2, 0.25) is 5.88 Å². The maximum Gasteiger partial charge on any atom is 0.262 e. The Morgan fingerprint density at radius 3 is 2.63 bits per heavy atom. The number of methoxy groups -OCH3 is 1. The molecular weight excluding hydrogens is 546 g/mol. The van der Waals surface area contributed by atoms with Crippen molar-refractivity contribution >= 4 is 21.4 Å². The van der Waals surface area contributed by atoms with Gasteiger partial charge in [0.05, 0.1) is 43.3 Å². The number of fused-ring (bicyclic) bond motifs is 1. The lowest BCUT2D eigenvalue weighted by Gasteiger charge is -2.26. The van der Waals surface area contributed by atoms with Gasteiger partial charge in [0.1, 0.15) is 17.1 Å². The minimum atomic E-state index is -3.86. The molecule has 1 fully saturated rings. The lowest BCUT2D eigenvalue weighted by molar-refractivity contribution is 0.0368. The topological polar surface area (TPSA) is 142 Å². The average molecular weight is 576 g/mol. The number of hydrogen-bond acceptors (Lipinski definition) is 10. The van der Waals surface area contributed by atoms with Crippen LogP contribution in [0.15, 0.2) is 72.0 Å². The quantitative estimate of drug-likeness (QED) is 0.264. The summed E-state index contributed by atoms with van der Waals surface area (Å²) >= 11 is 0. The van der Waals surface area contributed by atoms with Crippen molar-refractivity contribution in [3.63, 3.8) is 0 Å². The highest BCUT2D eigenvalue weighted by molar-refractivity contribution is 7.92. The molecule has 1 saturated heterocycles. The lowest BCUT2D eigenvalue weighted by atomic mass is 10.2. The number of rotatable bonds is 10. The minimum absolute atomic E-state index is 0.129. The maximum absolute atomic E-state index is 13.0. The number of nitrogens with one attached hydrogen (secondary N) is 1. The van der Waals surface area contributed by atoms with Crippen LogP contribution in [0.3, 0.4) is 0 Å². The number of sulfonamides is 1. The minimum Gasteiger partial charge on any atom is -0.480 e. The highest BCUT2D eigenvalue weighted by Crippen LogP contribution is 2.30. The summed E-state index contributed by atoms with van der Waals surface area (Å²) < 4.78 is 42.8. The van der Waals surface area contributed by atoms with Gasteiger partial charge in [-0.1, -0.05) is 23.4 Å². The van der Waals surface area contributed by atoms with Crippen LogP contribution >= 0.6 is 0 Å². The Balaban J connectivity index is 1.24. The first-order valence-corrected chi connectivity index (χ1v) is 14.7. The van der Waals surface area contributed by atoms with Crippen LogP contribution in [0.4, 0.5) is 5.69 Å². The van der Waals surface area contributed by atoms with E-state index in [-0.39, 0.29) is 16.5 Å². The molecule has 1 aromatic carbocycles. The largest absolute Gasteiger partial charge is 0.480 e. The molecule has 0 radical (unpaired) electrons.